The Morgan fingerprint density at radius 1 is 0.200 bits per heavy atom. The van der Waals surface area contributed by atoms with Crippen molar-refractivity contribution < 1.29 is 0 Å². The van der Waals surface area contributed by atoms with Gasteiger partial charge in [-0.05, 0) is 162 Å². The van der Waals surface area contributed by atoms with Gasteiger partial charge >= 0.3 is 0 Å². The van der Waals surface area contributed by atoms with E-state index in [2.05, 4.69) is 292 Å². The number of benzene rings is 17. The van der Waals surface area contributed by atoms with E-state index >= 15 is 0 Å². The van der Waals surface area contributed by atoms with Gasteiger partial charge in [-0.25, -0.2) is 49.8 Å². The van der Waals surface area contributed by atoms with Crippen LogP contribution in [0.2, 0.25) is 15.9 Å². The zero-order valence-corrected chi connectivity index (χ0v) is 75.7. The van der Waals surface area contributed by atoms with E-state index in [0.29, 0.717) is 0 Å². The molecule has 17 aromatic carbocycles. The molecule has 0 bridgehead atoms. The van der Waals surface area contributed by atoms with E-state index in [9.17, 15) is 0 Å². The second-order valence-corrected chi connectivity index (χ2v) is 34.4. The topological polar surface area (TPSA) is 129 Å². The fourth-order valence-corrected chi connectivity index (χ4v) is 18.2. The van der Waals surface area contributed by atoms with E-state index in [1.807, 2.05) is 212 Å². The smallest absolute Gasteiger partial charge is 0.223 e. The SMILES string of the molecule is Brc1cc(-c2ccccc2)cc(-c2nc(-c3ccccc3)c3sc4ccccc4c3n2)c1.Brc1cccc(-c2nc(-c3ccccc3)c3ccccc3n2)c1.Clc1nc(-c2ccc(-c3ccccc3)cc2)cc(-c2ccc3ccccc3c2)n1.Clc1nc(-c2ccccc2)cc(-c2ccc3ccccc3c2)n1.Clc1nc(-c2ccccc2)cc(-c2cccc3ccccc23)n1. The van der Waals surface area contributed by atoms with Gasteiger partial charge in [-0.2, -0.15) is 0 Å². The lowest BCUT2D eigenvalue weighted by Crippen LogP contribution is -1.95. The van der Waals surface area contributed by atoms with Crippen LogP contribution in [0.4, 0.5) is 0 Å². The molecule has 23 rings (SSSR count). The van der Waals surface area contributed by atoms with Crippen LogP contribution in [-0.2, 0) is 0 Å². The highest BCUT2D eigenvalue weighted by Crippen LogP contribution is 2.42. The summed E-state index contributed by atoms with van der Waals surface area (Å²) in [6, 6.07) is 150. The van der Waals surface area contributed by atoms with Gasteiger partial charge in [-0.3, -0.25) is 0 Å². The van der Waals surface area contributed by atoms with Crippen LogP contribution in [0.15, 0.2) is 452 Å². The Morgan fingerprint density at radius 3 is 1.12 bits per heavy atom. The zero-order valence-electron chi connectivity index (χ0n) is 69.4. The normalized spacial score (nSPS) is 11.0. The molecule has 0 saturated carbocycles. The van der Waals surface area contributed by atoms with Gasteiger partial charge < -0.3 is 0 Å². The van der Waals surface area contributed by atoms with Gasteiger partial charge in [-0.15, -0.1) is 11.3 Å². The van der Waals surface area contributed by atoms with Crippen molar-refractivity contribution in [3.05, 3.63) is 468 Å². The summed E-state index contributed by atoms with van der Waals surface area (Å²) in [5.74, 6) is 1.47. The Balaban J connectivity index is 0.000000106. The molecule has 6 heterocycles. The molecule has 0 spiro atoms. The minimum Gasteiger partial charge on any atom is -0.228 e. The number of fused-ring (bicyclic) bond motifs is 7. The molecule has 10 nitrogen and oxygen atoms in total. The molecule has 0 fully saturated rings. The first kappa shape index (κ1) is 84.7. The van der Waals surface area contributed by atoms with Crippen LogP contribution < -0.4 is 0 Å². The maximum Gasteiger partial charge on any atom is 0.223 e. The van der Waals surface area contributed by atoms with E-state index in [1.54, 1.807) is 11.3 Å². The molecule has 0 aliphatic heterocycles. The molecule has 0 unspecified atom stereocenters. The molecule has 0 radical (unpaired) electrons. The van der Waals surface area contributed by atoms with Crippen LogP contribution in [0.5, 0.6) is 0 Å². The van der Waals surface area contributed by atoms with Crippen molar-refractivity contribution in [2.75, 3.05) is 0 Å². The molecule has 6 aromatic heterocycles. The highest BCUT2D eigenvalue weighted by atomic mass is 79.9. The molecule has 16 heteroatoms. The Hall–Kier alpha value is -14.8. The monoisotopic (exact) mass is 1880 g/mol. The maximum absolute atomic E-state index is 6.27. The number of hydrogen-bond acceptors (Lipinski definition) is 11. The quantitative estimate of drug-likeness (QED) is 0.109. The van der Waals surface area contributed by atoms with E-state index in [0.717, 1.165) is 154 Å². The fraction of sp³-hybridized carbons (Fsp3) is 0. The average Bonchev–Trinajstić information content (AvgIpc) is 1.60. The molecule has 620 valence electrons. The first-order valence-electron chi connectivity index (χ1n) is 42.0. The van der Waals surface area contributed by atoms with Crippen molar-refractivity contribution in [2.45, 2.75) is 0 Å². The van der Waals surface area contributed by atoms with Crippen LogP contribution in [0.3, 0.4) is 0 Å². The summed E-state index contributed by atoms with van der Waals surface area (Å²) in [5.41, 5.74) is 23.9. The summed E-state index contributed by atoms with van der Waals surface area (Å²) in [5, 5.41) is 10.1. The van der Waals surface area contributed by atoms with E-state index in [4.69, 9.17) is 54.7 Å². The summed E-state index contributed by atoms with van der Waals surface area (Å²) < 4.78 is 4.38. The lowest BCUT2D eigenvalue weighted by molar-refractivity contribution is 1.18. The molecule has 0 saturated heterocycles. The largest absolute Gasteiger partial charge is 0.228 e. The predicted octanol–water partition coefficient (Wildman–Crippen LogP) is 32.9. The fourth-order valence-electron chi connectivity index (χ4n) is 15.6. The van der Waals surface area contributed by atoms with Crippen LogP contribution >= 0.6 is 78.0 Å². The highest BCUT2D eigenvalue weighted by Gasteiger charge is 2.20. The molecule has 23 aromatic rings. The van der Waals surface area contributed by atoms with Crippen molar-refractivity contribution in [3.8, 4) is 135 Å². The van der Waals surface area contributed by atoms with Crippen molar-refractivity contribution in [1.82, 2.24) is 49.8 Å². The van der Waals surface area contributed by atoms with Gasteiger partial charge in [0, 0.05) is 80.1 Å². The van der Waals surface area contributed by atoms with Crippen LogP contribution in [-0.4, -0.2) is 49.8 Å². The molecular formula is C114H73Br2Cl3N10S. The van der Waals surface area contributed by atoms with Gasteiger partial charge in [0.05, 0.1) is 61.3 Å². The van der Waals surface area contributed by atoms with E-state index in [-0.39, 0.29) is 15.9 Å². The molecule has 0 atom stereocenters. The van der Waals surface area contributed by atoms with Gasteiger partial charge in [0.1, 0.15) is 0 Å². The second-order valence-electron chi connectivity index (χ2n) is 30.5. The number of para-hydroxylation sites is 1. The van der Waals surface area contributed by atoms with Crippen molar-refractivity contribution in [1.29, 1.82) is 0 Å². The molecule has 0 aliphatic carbocycles. The third kappa shape index (κ3) is 19.8. The number of hydrogen-bond donors (Lipinski definition) is 0. The minimum absolute atomic E-state index is 0.248. The van der Waals surface area contributed by atoms with Crippen molar-refractivity contribution in [3.63, 3.8) is 0 Å². The number of aromatic nitrogens is 10. The molecular weight excluding hydrogens is 1810 g/mol. The number of thiophene rings is 1. The van der Waals surface area contributed by atoms with Gasteiger partial charge in [0.2, 0.25) is 15.9 Å². The van der Waals surface area contributed by atoms with Crippen molar-refractivity contribution in [2.24, 2.45) is 0 Å². The average molecular weight is 1880 g/mol. The van der Waals surface area contributed by atoms with Gasteiger partial charge in [-0.1, -0.05) is 402 Å². The molecule has 0 aliphatic rings. The van der Waals surface area contributed by atoms with Crippen LogP contribution in [0.25, 0.3) is 199 Å². The van der Waals surface area contributed by atoms with E-state index in [1.165, 1.54) is 53.7 Å². The van der Waals surface area contributed by atoms with Crippen LogP contribution in [0.1, 0.15) is 0 Å². The molecule has 0 amide bonds. The van der Waals surface area contributed by atoms with E-state index < -0.39 is 0 Å². The summed E-state index contributed by atoms with van der Waals surface area (Å²) in [7, 11) is 0. The summed E-state index contributed by atoms with van der Waals surface area (Å²) in [4.78, 5) is 46.2. The molecule has 0 N–H and O–H groups in total. The zero-order chi connectivity index (χ0) is 88.1. The Bertz CT molecular complexity index is 7980. The maximum atomic E-state index is 6.27. The second kappa shape index (κ2) is 39.6. The van der Waals surface area contributed by atoms with Gasteiger partial charge in [0.25, 0.3) is 0 Å². The summed E-state index contributed by atoms with van der Waals surface area (Å²) in [6.07, 6.45) is 0. The number of halogens is 5. The predicted molar refractivity (Wildman–Crippen MR) is 549 cm³/mol. The first-order chi connectivity index (χ1) is 63.9. The first-order valence-corrected chi connectivity index (χ1v) is 45.5. The lowest BCUT2D eigenvalue weighted by atomic mass is 10.0. The third-order valence-corrected chi connectivity index (χ3v) is 24.6. The Labute approximate surface area is 787 Å². The summed E-state index contributed by atoms with van der Waals surface area (Å²) >= 11 is 27.6. The Kier molecular flexibility index (Phi) is 25.8. The standard InChI is InChI=1S/C28H17BrN2S.C26H17ClN2.C20H13BrN2.2C20H13ClN2/c29-22-16-20(18-9-3-1-4-10-18)15-21(17-22)28-30-25(19-11-5-2-6-12-19)27-26(31-28)23-13-7-8-14-24(23)32-27;27-26-28-24(21-13-10-20(11-14-21)18-6-2-1-3-7-18)17-25(29-26)23-15-12-19-8-4-5-9-22(19)16-23;21-16-10-6-9-15(13-16)20-22-18-12-5-4-11-17(18)19(23-20)14-7-2-1-3-8-14;21-20-22-18(15-8-2-1-3-9-15)13-19(23-20)17-12-6-10-14-7-4-5-11-16(14)17;21-20-22-18(15-7-2-1-3-8-15)13-19(23-20)17-11-10-14-6-4-5-9-16(14)12-17/h1-17H;1-17H;3*1-13H. The van der Waals surface area contributed by atoms with Gasteiger partial charge in [0.15, 0.2) is 11.6 Å². The number of rotatable bonds is 12. The van der Waals surface area contributed by atoms with Crippen LogP contribution in [0, 0.1) is 0 Å². The van der Waals surface area contributed by atoms with Crippen molar-refractivity contribution >= 4 is 142 Å². The summed E-state index contributed by atoms with van der Waals surface area (Å²) in [6.45, 7) is 0. The Morgan fingerprint density at radius 2 is 0.562 bits per heavy atom. The molecule has 130 heavy (non-hydrogen) atoms. The lowest BCUT2D eigenvalue weighted by Gasteiger charge is -2.09. The third-order valence-electron chi connectivity index (χ3n) is 21.9. The number of nitrogens with zero attached hydrogens (tertiary/aromatic N) is 10. The minimum atomic E-state index is 0.248. The highest BCUT2D eigenvalue weighted by molar-refractivity contribution is 9.10.